The molecule has 0 aliphatic carbocycles. The minimum Gasteiger partial charge on any atom is -0.489 e. The van der Waals surface area contributed by atoms with Gasteiger partial charge in [-0.25, -0.2) is 14.8 Å². The molecule has 5 rings (SSSR count). The summed E-state index contributed by atoms with van der Waals surface area (Å²) in [4.78, 5) is 51.5. The Morgan fingerprint density at radius 2 is 1.68 bits per heavy atom. The highest BCUT2D eigenvalue weighted by atomic mass is 35.5. The number of carbonyl (C=O) groups excluding carboxylic acids is 3. The molecule has 12 heteroatoms. The van der Waals surface area contributed by atoms with Crippen molar-refractivity contribution in [1.82, 2.24) is 14.9 Å². The number of nitrogens with one attached hydrogen (secondary N) is 2. The number of ether oxygens (including phenoxy) is 2. The maximum atomic E-state index is 13.7. The summed E-state index contributed by atoms with van der Waals surface area (Å²) in [6.07, 6.45) is 5.78. The second-order valence-electron chi connectivity index (χ2n) is 11.8. The molecule has 1 aromatic carbocycles. The van der Waals surface area contributed by atoms with Crippen LogP contribution in [0.4, 0.5) is 22.0 Å². The number of carbonyl (C=O) groups is 3. The summed E-state index contributed by atoms with van der Waals surface area (Å²) in [7, 11) is 0. The molecule has 3 amide bonds. The molecule has 2 aromatic heterocycles. The number of anilines is 3. The van der Waals surface area contributed by atoms with Gasteiger partial charge >= 0.3 is 6.09 Å². The van der Waals surface area contributed by atoms with Crippen molar-refractivity contribution in [1.29, 1.82) is 0 Å². The van der Waals surface area contributed by atoms with Crippen LogP contribution in [0.25, 0.3) is 0 Å². The number of hydrogen-bond donors (Lipinski definition) is 2. The highest BCUT2D eigenvalue weighted by Gasteiger charge is 2.29. The highest BCUT2D eigenvalue weighted by Crippen LogP contribution is 2.31. The van der Waals surface area contributed by atoms with Crippen LogP contribution in [0.3, 0.4) is 0 Å². The molecule has 0 saturated carbocycles. The SMILES string of the molecule is CC(C)(C)OC(=O)N1CCC(Oc2cc(N3CCCC3)ccc2C(=O)Nc2cccnc2C(=O)Nc2ccc(Cl)cn2)CC1. The number of likely N-dealkylation sites (tertiary alicyclic amines) is 1. The summed E-state index contributed by atoms with van der Waals surface area (Å²) < 4.78 is 12.0. The van der Waals surface area contributed by atoms with Gasteiger partial charge < -0.3 is 29.9 Å². The highest BCUT2D eigenvalue weighted by molar-refractivity contribution is 6.30. The fraction of sp³-hybridized carbons (Fsp3) is 0.406. The third kappa shape index (κ3) is 7.96. The zero-order valence-electron chi connectivity index (χ0n) is 25.1. The molecule has 3 aromatic rings. The standard InChI is InChI=1S/C32H37ClN6O5/c1-32(2,3)44-31(42)39-17-12-23(13-18-39)43-26-19-22(38-15-4-5-16-38)9-10-24(26)29(40)36-25-7-6-14-34-28(25)30(41)37-27-11-8-21(33)20-35-27/h6-11,14,19-20,23H,4-5,12-13,15-18H2,1-3H3,(H,36,40)(H,35,37,41). The summed E-state index contributed by atoms with van der Waals surface area (Å²) in [5.74, 6) is -0.227. The van der Waals surface area contributed by atoms with E-state index in [0.29, 0.717) is 48.1 Å². The predicted octanol–water partition coefficient (Wildman–Crippen LogP) is 6.01. The molecule has 2 N–H and O–H groups in total. The number of pyridine rings is 2. The van der Waals surface area contributed by atoms with Crippen LogP contribution in [0.15, 0.2) is 54.9 Å². The van der Waals surface area contributed by atoms with E-state index in [4.69, 9.17) is 21.1 Å². The van der Waals surface area contributed by atoms with E-state index < -0.39 is 17.4 Å². The summed E-state index contributed by atoms with van der Waals surface area (Å²) in [5.41, 5.74) is 1.02. The van der Waals surface area contributed by atoms with E-state index >= 15 is 0 Å². The van der Waals surface area contributed by atoms with Gasteiger partial charge in [0.1, 0.15) is 23.3 Å². The van der Waals surface area contributed by atoms with Crippen LogP contribution in [0.2, 0.25) is 5.02 Å². The number of rotatable bonds is 7. The third-order valence-corrected chi connectivity index (χ3v) is 7.53. The maximum Gasteiger partial charge on any atom is 0.410 e. The van der Waals surface area contributed by atoms with Crippen molar-refractivity contribution >= 4 is 46.7 Å². The third-order valence-electron chi connectivity index (χ3n) is 7.31. The zero-order chi connectivity index (χ0) is 31.3. The lowest BCUT2D eigenvalue weighted by atomic mass is 10.1. The number of hydrogen-bond acceptors (Lipinski definition) is 8. The van der Waals surface area contributed by atoms with Crippen molar-refractivity contribution in [2.75, 3.05) is 41.7 Å². The van der Waals surface area contributed by atoms with Crippen LogP contribution in [-0.4, -0.2) is 70.7 Å². The molecule has 232 valence electrons. The molecule has 0 bridgehead atoms. The number of amides is 3. The zero-order valence-corrected chi connectivity index (χ0v) is 25.9. The summed E-state index contributed by atoms with van der Waals surface area (Å²) in [6.45, 7) is 8.40. The first-order chi connectivity index (χ1) is 21.1. The van der Waals surface area contributed by atoms with Crippen molar-refractivity contribution in [3.8, 4) is 5.75 Å². The Bertz CT molecular complexity index is 1500. The van der Waals surface area contributed by atoms with Gasteiger partial charge in [0.15, 0.2) is 5.69 Å². The Labute approximate surface area is 261 Å². The van der Waals surface area contributed by atoms with Gasteiger partial charge in [-0.3, -0.25) is 9.59 Å². The number of nitrogens with zero attached hydrogens (tertiary/aromatic N) is 4. The molecule has 0 unspecified atom stereocenters. The van der Waals surface area contributed by atoms with Crippen molar-refractivity contribution in [2.24, 2.45) is 0 Å². The van der Waals surface area contributed by atoms with Crippen LogP contribution in [0.1, 0.15) is 67.3 Å². The van der Waals surface area contributed by atoms with Gasteiger partial charge in [-0.2, -0.15) is 0 Å². The Hall–Kier alpha value is -4.38. The lowest BCUT2D eigenvalue weighted by molar-refractivity contribution is 0.0126. The Balaban J connectivity index is 1.32. The minimum absolute atomic E-state index is 0.0308. The molecule has 2 aliphatic heterocycles. The first-order valence-electron chi connectivity index (χ1n) is 14.8. The molecule has 0 atom stereocenters. The fourth-order valence-corrected chi connectivity index (χ4v) is 5.24. The molecule has 0 spiro atoms. The molecule has 2 aliphatic rings. The average molecular weight is 621 g/mol. The van der Waals surface area contributed by atoms with Crippen LogP contribution in [-0.2, 0) is 4.74 Å². The number of aromatic nitrogens is 2. The van der Waals surface area contributed by atoms with Crippen molar-refractivity contribution in [3.05, 3.63) is 71.1 Å². The Kier molecular flexibility index (Phi) is 9.53. The molecule has 0 radical (unpaired) electrons. The summed E-state index contributed by atoms with van der Waals surface area (Å²) >= 11 is 5.90. The van der Waals surface area contributed by atoms with E-state index in [1.165, 1.54) is 12.4 Å². The smallest absolute Gasteiger partial charge is 0.410 e. The van der Waals surface area contributed by atoms with Gasteiger partial charge in [0.25, 0.3) is 11.8 Å². The predicted molar refractivity (Wildman–Crippen MR) is 169 cm³/mol. The quantitative estimate of drug-likeness (QED) is 0.329. The number of benzene rings is 1. The monoisotopic (exact) mass is 620 g/mol. The van der Waals surface area contributed by atoms with E-state index in [9.17, 15) is 14.4 Å². The van der Waals surface area contributed by atoms with E-state index in [1.54, 1.807) is 35.2 Å². The van der Waals surface area contributed by atoms with Gasteiger partial charge in [0.05, 0.1) is 16.3 Å². The van der Waals surface area contributed by atoms with Gasteiger partial charge in [-0.1, -0.05) is 11.6 Å². The summed E-state index contributed by atoms with van der Waals surface area (Å²) in [6, 6.07) is 12.0. The van der Waals surface area contributed by atoms with Gasteiger partial charge in [0.2, 0.25) is 0 Å². The van der Waals surface area contributed by atoms with E-state index in [1.807, 2.05) is 32.9 Å². The fourth-order valence-electron chi connectivity index (χ4n) is 5.13. The van der Waals surface area contributed by atoms with Crippen LogP contribution < -0.4 is 20.3 Å². The number of piperidine rings is 1. The molecule has 4 heterocycles. The molecule has 2 saturated heterocycles. The Morgan fingerprint density at radius 1 is 0.932 bits per heavy atom. The normalized spacial score (nSPS) is 15.5. The molecule has 44 heavy (non-hydrogen) atoms. The first-order valence-corrected chi connectivity index (χ1v) is 15.2. The molecular formula is C32H37ClN6O5. The van der Waals surface area contributed by atoms with Crippen LogP contribution in [0.5, 0.6) is 5.75 Å². The summed E-state index contributed by atoms with van der Waals surface area (Å²) in [5, 5.41) is 5.96. The average Bonchev–Trinajstić information content (AvgIpc) is 3.53. The van der Waals surface area contributed by atoms with Gasteiger partial charge in [-0.05, 0) is 70.0 Å². The van der Waals surface area contributed by atoms with E-state index in [2.05, 4.69) is 25.5 Å². The molecule has 11 nitrogen and oxygen atoms in total. The number of halogens is 1. The van der Waals surface area contributed by atoms with Crippen LogP contribution in [0, 0.1) is 0 Å². The lowest BCUT2D eigenvalue weighted by Crippen LogP contribution is -2.44. The van der Waals surface area contributed by atoms with Crippen LogP contribution >= 0.6 is 11.6 Å². The van der Waals surface area contributed by atoms with Gasteiger partial charge in [-0.15, -0.1) is 0 Å². The van der Waals surface area contributed by atoms with E-state index in [0.717, 1.165) is 31.6 Å². The topological polar surface area (TPSA) is 126 Å². The van der Waals surface area contributed by atoms with Crippen molar-refractivity contribution in [2.45, 2.75) is 58.2 Å². The largest absolute Gasteiger partial charge is 0.489 e. The minimum atomic E-state index is -0.565. The van der Waals surface area contributed by atoms with Crippen molar-refractivity contribution in [3.63, 3.8) is 0 Å². The first kappa shape index (κ1) is 31.1. The van der Waals surface area contributed by atoms with Crippen molar-refractivity contribution < 1.29 is 23.9 Å². The molecule has 2 fully saturated rings. The van der Waals surface area contributed by atoms with Gasteiger partial charge in [0, 0.05) is 63.2 Å². The molecular weight excluding hydrogens is 584 g/mol. The van der Waals surface area contributed by atoms with E-state index in [-0.39, 0.29) is 23.6 Å². The maximum absolute atomic E-state index is 13.7. The second kappa shape index (κ2) is 13.5. The lowest BCUT2D eigenvalue weighted by Gasteiger charge is -2.34. The second-order valence-corrected chi connectivity index (χ2v) is 12.3. The Morgan fingerprint density at radius 3 is 2.36 bits per heavy atom.